The standard InChI is InChI=1S/C23H30FN3O3/c1-16-13-21(29-3)22(30-4)14-18(16)15-26-9-11-27(12-10-26)17(2)23(28)25-20-7-5-19(24)6-8-20/h5-8,13-14,17H,9-12,15H2,1-4H3,(H,25,28)/t17-/m1/s1. The third kappa shape index (κ3) is 5.29. The zero-order valence-corrected chi connectivity index (χ0v) is 18.1. The van der Waals surface area contributed by atoms with E-state index in [9.17, 15) is 9.18 Å². The molecular formula is C23H30FN3O3. The Hall–Kier alpha value is -2.64. The van der Waals surface area contributed by atoms with E-state index in [1.165, 1.54) is 23.3 Å². The van der Waals surface area contributed by atoms with Crippen molar-refractivity contribution in [3.63, 3.8) is 0 Å². The zero-order chi connectivity index (χ0) is 21.7. The maximum Gasteiger partial charge on any atom is 0.241 e. The molecule has 1 N–H and O–H groups in total. The summed E-state index contributed by atoms with van der Waals surface area (Å²) >= 11 is 0. The van der Waals surface area contributed by atoms with E-state index in [0.29, 0.717) is 5.69 Å². The topological polar surface area (TPSA) is 54.0 Å². The fraction of sp³-hybridized carbons (Fsp3) is 0.435. The van der Waals surface area contributed by atoms with Crippen molar-refractivity contribution in [1.82, 2.24) is 9.80 Å². The highest BCUT2D eigenvalue weighted by Gasteiger charge is 2.26. The molecule has 30 heavy (non-hydrogen) atoms. The molecule has 1 amide bonds. The lowest BCUT2D eigenvalue weighted by molar-refractivity contribution is -0.121. The van der Waals surface area contributed by atoms with E-state index >= 15 is 0 Å². The summed E-state index contributed by atoms with van der Waals surface area (Å²) in [6, 6.07) is 9.63. The van der Waals surface area contributed by atoms with E-state index in [0.717, 1.165) is 44.2 Å². The summed E-state index contributed by atoms with van der Waals surface area (Å²) in [5.74, 6) is 1.08. The number of piperazine rings is 1. The van der Waals surface area contributed by atoms with Crippen molar-refractivity contribution in [3.8, 4) is 11.5 Å². The summed E-state index contributed by atoms with van der Waals surface area (Å²) in [6.07, 6.45) is 0. The molecule has 1 atom stereocenters. The quantitative estimate of drug-likeness (QED) is 0.752. The molecule has 1 aliphatic heterocycles. The Morgan fingerprint density at radius 2 is 1.67 bits per heavy atom. The number of carbonyl (C=O) groups excluding carboxylic acids is 1. The molecule has 1 saturated heterocycles. The minimum atomic E-state index is -0.318. The van der Waals surface area contributed by atoms with Gasteiger partial charge in [0.25, 0.3) is 0 Å². The number of hydrogen-bond donors (Lipinski definition) is 1. The third-order valence-electron chi connectivity index (χ3n) is 5.68. The number of methoxy groups -OCH3 is 2. The summed E-state index contributed by atoms with van der Waals surface area (Å²) in [5.41, 5.74) is 2.99. The van der Waals surface area contributed by atoms with Crippen LogP contribution in [0.3, 0.4) is 0 Å². The van der Waals surface area contributed by atoms with E-state index in [4.69, 9.17) is 9.47 Å². The van der Waals surface area contributed by atoms with Crippen LogP contribution in [-0.2, 0) is 11.3 Å². The van der Waals surface area contributed by atoms with Crippen LogP contribution in [0.1, 0.15) is 18.1 Å². The van der Waals surface area contributed by atoms with Crippen LogP contribution in [0, 0.1) is 12.7 Å². The number of amides is 1. The number of carbonyl (C=O) groups is 1. The highest BCUT2D eigenvalue weighted by Crippen LogP contribution is 2.31. The maximum atomic E-state index is 13.0. The number of nitrogens with zero attached hydrogens (tertiary/aromatic N) is 2. The highest BCUT2D eigenvalue weighted by atomic mass is 19.1. The van der Waals surface area contributed by atoms with E-state index in [1.54, 1.807) is 26.4 Å². The first kappa shape index (κ1) is 22.1. The molecule has 162 valence electrons. The van der Waals surface area contributed by atoms with Gasteiger partial charge in [0.1, 0.15) is 5.82 Å². The second kappa shape index (κ2) is 9.91. The second-order valence-corrected chi connectivity index (χ2v) is 7.62. The van der Waals surface area contributed by atoms with E-state index in [2.05, 4.69) is 22.0 Å². The van der Waals surface area contributed by atoms with E-state index in [-0.39, 0.29) is 17.8 Å². The van der Waals surface area contributed by atoms with Gasteiger partial charge >= 0.3 is 0 Å². The SMILES string of the molecule is COc1cc(C)c(CN2CCN([C@H](C)C(=O)Nc3ccc(F)cc3)CC2)cc1OC. The molecule has 7 heteroatoms. The first-order chi connectivity index (χ1) is 14.4. The summed E-state index contributed by atoms with van der Waals surface area (Å²) in [7, 11) is 3.29. The van der Waals surface area contributed by atoms with Crippen LogP contribution in [0.5, 0.6) is 11.5 Å². The van der Waals surface area contributed by atoms with Crippen LogP contribution >= 0.6 is 0 Å². The summed E-state index contributed by atoms with van der Waals surface area (Å²) < 4.78 is 23.8. The first-order valence-corrected chi connectivity index (χ1v) is 10.2. The molecule has 6 nitrogen and oxygen atoms in total. The number of halogens is 1. The first-order valence-electron chi connectivity index (χ1n) is 10.2. The van der Waals surface area contributed by atoms with Crippen molar-refractivity contribution < 1.29 is 18.7 Å². The molecule has 2 aromatic rings. The fourth-order valence-corrected chi connectivity index (χ4v) is 3.69. The van der Waals surface area contributed by atoms with Crippen molar-refractivity contribution in [2.24, 2.45) is 0 Å². The van der Waals surface area contributed by atoms with Gasteiger partial charge in [-0.1, -0.05) is 0 Å². The molecule has 3 rings (SSSR count). The average molecular weight is 416 g/mol. The van der Waals surface area contributed by atoms with Crippen LogP contribution in [0.15, 0.2) is 36.4 Å². The molecule has 0 radical (unpaired) electrons. The van der Waals surface area contributed by atoms with Gasteiger partial charge in [-0.25, -0.2) is 4.39 Å². The molecular weight excluding hydrogens is 385 g/mol. The lowest BCUT2D eigenvalue weighted by Crippen LogP contribution is -2.52. The molecule has 0 saturated carbocycles. The van der Waals surface area contributed by atoms with E-state index < -0.39 is 0 Å². The van der Waals surface area contributed by atoms with Crippen LogP contribution in [0.25, 0.3) is 0 Å². The molecule has 2 aromatic carbocycles. The predicted molar refractivity (Wildman–Crippen MR) is 116 cm³/mol. The van der Waals surface area contributed by atoms with Crippen LogP contribution in [-0.4, -0.2) is 62.1 Å². The Kier molecular flexibility index (Phi) is 7.29. The Morgan fingerprint density at radius 3 is 2.27 bits per heavy atom. The molecule has 0 spiro atoms. The number of nitrogens with one attached hydrogen (secondary N) is 1. The number of rotatable bonds is 7. The van der Waals surface area contributed by atoms with Gasteiger partial charge in [-0.2, -0.15) is 0 Å². The number of anilines is 1. The van der Waals surface area contributed by atoms with Gasteiger partial charge in [-0.15, -0.1) is 0 Å². The van der Waals surface area contributed by atoms with Gasteiger partial charge in [0.2, 0.25) is 5.91 Å². The van der Waals surface area contributed by atoms with Gasteiger partial charge in [0, 0.05) is 38.4 Å². The zero-order valence-electron chi connectivity index (χ0n) is 18.1. The van der Waals surface area contributed by atoms with Gasteiger partial charge < -0.3 is 14.8 Å². The number of aryl methyl sites for hydroxylation is 1. The molecule has 0 bridgehead atoms. The normalized spacial score (nSPS) is 16.2. The predicted octanol–water partition coefficient (Wildman–Crippen LogP) is 3.30. The van der Waals surface area contributed by atoms with Crippen molar-refractivity contribution in [1.29, 1.82) is 0 Å². The Morgan fingerprint density at radius 1 is 1.07 bits per heavy atom. The van der Waals surface area contributed by atoms with Gasteiger partial charge in [0.15, 0.2) is 11.5 Å². The maximum absolute atomic E-state index is 13.0. The van der Waals surface area contributed by atoms with Gasteiger partial charge in [0.05, 0.1) is 20.3 Å². The molecule has 0 aliphatic carbocycles. The molecule has 0 unspecified atom stereocenters. The number of hydrogen-bond acceptors (Lipinski definition) is 5. The smallest absolute Gasteiger partial charge is 0.241 e. The second-order valence-electron chi connectivity index (χ2n) is 7.62. The average Bonchev–Trinajstić information content (AvgIpc) is 2.76. The van der Waals surface area contributed by atoms with E-state index in [1.807, 2.05) is 19.1 Å². The largest absolute Gasteiger partial charge is 0.493 e. The molecule has 0 aromatic heterocycles. The Bertz CT molecular complexity index is 865. The molecule has 1 aliphatic rings. The summed E-state index contributed by atoms with van der Waals surface area (Å²) in [4.78, 5) is 17.1. The summed E-state index contributed by atoms with van der Waals surface area (Å²) in [5, 5.41) is 2.86. The lowest BCUT2D eigenvalue weighted by atomic mass is 10.1. The monoisotopic (exact) mass is 415 g/mol. The fourth-order valence-electron chi connectivity index (χ4n) is 3.69. The van der Waals surface area contributed by atoms with Crippen molar-refractivity contribution >= 4 is 11.6 Å². The highest BCUT2D eigenvalue weighted by molar-refractivity contribution is 5.94. The number of ether oxygens (including phenoxy) is 2. The minimum Gasteiger partial charge on any atom is -0.493 e. The molecule has 1 fully saturated rings. The van der Waals surface area contributed by atoms with Gasteiger partial charge in [-0.05, 0) is 61.4 Å². The Balaban J connectivity index is 1.54. The van der Waals surface area contributed by atoms with Crippen LogP contribution in [0.2, 0.25) is 0 Å². The number of benzene rings is 2. The third-order valence-corrected chi connectivity index (χ3v) is 5.68. The lowest BCUT2D eigenvalue weighted by Gasteiger charge is -2.37. The summed E-state index contributed by atoms with van der Waals surface area (Å²) in [6.45, 7) is 8.19. The van der Waals surface area contributed by atoms with Crippen molar-refractivity contribution in [2.45, 2.75) is 26.4 Å². The van der Waals surface area contributed by atoms with Crippen molar-refractivity contribution in [2.75, 3.05) is 45.7 Å². The minimum absolute atomic E-state index is 0.0780. The molecule has 1 heterocycles. The van der Waals surface area contributed by atoms with Gasteiger partial charge in [-0.3, -0.25) is 14.6 Å². The van der Waals surface area contributed by atoms with Crippen LogP contribution < -0.4 is 14.8 Å². The van der Waals surface area contributed by atoms with Crippen molar-refractivity contribution in [3.05, 3.63) is 53.3 Å². The van der Waals surface area contributed by atoms with Crippen LogP contribution in [0.4, 0.5) is 10.1 Å². The Labute approximate surface area is 177 Å².